The van der Waals surface area contributed by atoms with E-state index < -0.39 is 0 Å². The lowest BCUT2D eigenvalue weighted by Gasteiger charge is -2.29. The van der Waals surface area contributed by atoms with E-state index in [1.54, 1.807) is 0 Å². The Kier molecular flexibility index (Phi) is 5.83. The molecule has 2 heteroatoms. The number of hydrogen-bond acceptors (Lipinski definition) is 2. The third kappa shape index (κ3) is 4.11. The zero-order valence-corrected chi connectivity index (χ0v) is 12.5. The standard InChI is InChI=1S/C16H28N2/c1-6-9-18(12(2)3)11-16(17)15-10-13(4)7-8-14(15)5/h7-8,10,12,16H,6,9,11,17H2,1-5H3. The van der Waals surface area contributed by atoms with Crippen LogP contribution in [0, 0.1) is 13.8 Å². The van der Waals surface area contributed by atoms with Crippen molar-refractivity contribution >= 4 is 0 Å². The molecule has 0 aliphatic heterocycles. The highest BCUT2D eigenvalue weighted by Crippen LogP contribution is 2.19. The predicted molar refractivity (Wildman–Crippen MR) is 79.8 cm³/mol. The average molecular weight is 248 g/mol. The lowest BCUT2D eigenvalue weighted by atomic mass is 9.99. The maximum atomic E-state index is 6.39. The highest BCUT2D eigenvalue weighted by atomic mass is 15.2. The first-order valence-electron chi connectivity index (χ1n) is 7.02. The smallest absolute Gasteiger partial charge is 0.0427 e. The summed E-state index contributed by atoms with van der Waals surface area (Å²) in [5.41, 5.74) is 10.3. The van der Waals surface area contributed by atoms with Crippen LogP contribution in [0.1, 0.15) is 49.9 Å². The summed E-state index contributed by atoms with van der Waals surface area (Å²) in [4.78, 5) is 2.46. The van der Waals surface area contributed by atoms with E-state index in [-0.39, 0.29) is 6.04 Å². The van der Waals surface area contributed by atoms with Crippen LogP contribution in [0.4, 0.5) is 0 Å². The predicted octanol–water partition coefficient (Wildman–Crippen LogP) is 3.42. The molecule has 1 unspecified atom stereocenters. The minimum atomic E-state index is 0.110. The van der Waals surface area contributed by atoms with E-state index in [1.165, 1.54) is 23.1 Å². The third-order valence-electron chi connectivity index (χ3n) is 3.51. The second-order valence-corrected chi connectivity index (χ2v) is 5.56. The fraction of sp³-hybridized carbons (Fsp3) is 0.625. The van der Waals surface area contributed by atoms with E-state index in [0.29, 0.717) is 6.04 Å². The molecule has 0 aromatic heterocycles. The summed E-state index contributed by atoms with van der Waals surface area (Å²) in [5.74, 6) is 0. The first-order chi connectivity index (χ1) is 8.45. The van der Waals surface area contributed by atoms with Crippen molar-refractivity contribution in [2.75, 3.05) is 13.1 Å². The van der Waals surface area contributed by atoms with Crippen LogP contribution >= 0.6 is 0 Å². The molecular formula is C16H28N2. The summed E-state index contributed by atoms with van der Waals surface area (Å²) in [6, 6.07) is 7.21. The molecule has 1 atom stereocenters. The van der Waals surface area contributed by atoms with E-state index in [4.69, 9.17) is 5.73 Å². The summed E-state index contributed by atoms with van der Waals surface area (Å²) < 4.78 is 0. The van der Waals surface area contributed by atoms with Crippen LogP contribution in [0.5, 0.6) is 0 Å². The maximum Gasteiger partial charge on any atom is 0.0427 e. The highest BCUT2D eigenvalue weighted by molar-refractivity contribution is 5.33. The van der Waals surface area contributed by atoms with Gasteiger partial charge in [0.2, 0.25) is 0 Å². The lowest BCUT2D eigenvalue weighted by molar-refractivity contribution is 0.209. The summed E-state index contributed by atoms with van der Waals surface area (Å²) in [7, 11) is 0. The summed E-state index contributed by atoms with van der Waals surface area (Å²) in [6.07, 6.45) is 1.18. The molecule has 102 valence electrons. The summed E-state index contributed by atoms with van der Waals surface area (Å²) in [5, 5.41) is 0. The van der Waals surface area contributed by atoms with E-state index in [0.717, 1.165) is 13.1 Å². The number of nitrogens with two attached hydrogens (primary N) is 1. The van der Waals surface area contributed by atoms with Crippen LogP contribution in [0.15, 0.2) is 18.2 Å². The molecule has 0 bridgehead atoms. The molecule has 0 aliphatic rings. The van der Waals surface area contributed by atoms with Gasteiger partial charge in [-0.3, -0.25) is 4.90 Å². The number of benzene rings is 1. The molecule has 1 rings (SSSR count). The van der Waals surface area contributed by atoms with E-state index in [9.17, 15) is 0 Å². The Morgan fingerprint density at radius 3 is 2.44 bits per heavy atom. The van der Waals surface area contributed by atoms with Crippen molar-refractivity contribution in [3.8, 4) is 0 Å². The Bertz CT molecular complexity index is 371. The van der Waals surface area contributed by atoms with Crippen LogP contribution in [-0.4, -0.2) is 24.0 Å². The molecule has 0 saturated heterocycles. The minimum Gasteiger partial charge on any atom is -0.323 e. The van der Waals surface area contributed by atoms with Gasteiger partial charge in [-0.1, -0.05) is 30.7 Å². The molecule has 2 N–H and O–H groups in total. The van der Waals surface area contributed by atoms with Crippen LogP contribution in [0.3, 0.4) is 0 Å². The minimum absolute atomic E-state index is 0.110. The Balaban J connectivity index is 2.79. The molecule has 0 aliphatic carbocycles. The van der Waals surface area contributed by atoms with Gasteiger partial charge in [0.15, 0.2) is 0 Å². The number of hydrogen-bond donors (Lipinski definition) is 1. The zero-order valence-electron chi connectivity index (χ0n) is 12.5. The van der Waals surface area contributed by atoms with Crippen LogP contribution in [0.25, 0.3) is 0 Å². The van der Waals surface area contributed by atoms with Gasteiger partial charge in [-0.25, -0.2) is 0 Å². The molecule has 0 fully saturated rings. The van der Waals surface area contributed by atoms with Crippen molar-refractivity contribution in [1.29, 1.82) is 0 Å². The van der Waals surface area contributed by atoms with Crippen molar-refractivity contribution in [3.63, 3.8) is 0 Å². The monoisotopic (exact) mass is 248 g/mol. The quantitative estimate of drug-likeness (QED) is 0.836. The molecule has 18 heavy (non-hydrogen) atoms. The fourth-order valence-electron chi connectivity index (χ4n) is 2.36. The van der Waals surface area contributed by atoms with Gasteiger partial charge in [-0.05, 0) is 51.8 Å². The molecule has 0 spiro atoms. The fourth-order valence-corrected chi connectivity index (χ4v) is 2.36. The van der Waals surface area contributed by atoms with Gasteiger partial charge in [0.25, 0.3) is 0 Å². The van der Waals surface area contributed by atoms with E-state index >= 15 is 0 Å². The molecule has 1 aromatic rings. The van der Waals surface area contributed by atoms with Gasteiger partial charge in [0, 0.05) is 18.6 Å². The van der Waals surface area contributed by atoms with Gasteiger partial charge in [0.05, 0.1) is 0 Å². The molecule has 2 nitrogen and oxygen atoms in total. The molecule has 1 aromatic carbocycles. The SMILES string of the molecule is CCCN(CC(N)c1cc(C)ccc1C)C(C)C. The molecule has 0 heterocycles. The first kappa shape index (κ1) is 15.2. The first-order valence-corrected chi connectivity index (χ1v) is 7.02. The van der Waals surface area contributed by atoms with Gasteiger partial charge < -0.3 is 5.73 Å². The Morgan fingerprint density at radius 1 is 1.22 bits per heavy atom. The second-order valence-electron chi connectivity index (χ2n) is 5.56. The Morgan fingerprint density at radius 2 is 1.89 bits per heavy atom. The summed E-state index contributed by atoms with van der Waals surface area (Å²) in [6.45, 7) is 13.0. The van der Waals surface area contributed by atoms with Crippen molar-refractivity contribution in [1.82, 2.24) is 4.90 Å². The second kappa shape index (κ2) is 6.91. The van der Waals surface area contributed by atoms with Crippen molar-refractivity contribution < 1.29 is 0 Å². The number of nitrogens with zero attached hydrogens (tertiary/aromatic N) is 1. The topological polar surface area (TPSA) is 29.3 Å². The van der Waals surface area contributed by atoms with Crippen LogP contribution in [0.2, 0.25) is 0 Å². The summed E-state index contributed by atoms with van der Waals surface area (Å²) >= 11 is 0. The average Bonchev–Trinajstić information content (AvgIpc) is 2.31. The molecular weight excluding hydrogens is 220 g/mol. The normalized spacial score (nSPS) is 13.3. The third-order valence-corrected chi connectivity index (χ3v) is 3.51. The number of rotatable bonds is 6. The molecule has 0 radical (unpaired) electrons. The van der Waals surface area contributed by atoms with Crippen molar-refractivity contribution in [3.05, 3.63) is 34.9 Å². The van der Waals surface area contributed by atoms with Crippen molar-refractivity contribution in [2.45, 2.75) is 53.1 Å². The van der Waals surface area contributed by atoms with Gasteiger partial charge in [-0.15, -0.1) is 0 Å². The van der Waals surface area contributed by atoms with Crippen LogP contribution < -0.4 is 5.73 Å². The van der Waals surface area contributed by atoms with Gasteiger partial charge >= 0.3 is 0 Å². The zero-order chi connectivity index (χ0) is 13.7. The van der Waals surface area contributed by atoms with E-state index in [2.05, 4.69) is 57.7 Å². The van der Waals surface area contributed by atoms with Gasteiger partial charge in [0.1, 0.15) is 0 Å². The van der Waals surface area contributed by atoms with E-state index in [1.807, 2.05) is 0 Å². The van der Waals surface area contributed by atoms with Gasteiger partial charge in [-0.2, -0.15) is 0 Å². The lowest BCUT2D eigenvalue weighted by Crippen LogP contribution is -2.37. The van der Waals surface area contributed by atoms with Crippen molar-refractivity contribution in [2.24, 2.45) is 5.73 Å². The Hall–Kier alpha value is -0.860. The Labute approximate surface area is 112 Å². The maximum absolute atomic E-state index is 6.39. The largest absolute Gasteiger partial charge is 0.323 e. The highest BCUT2D eigenvalue weighted by Gasteiger charge is 2.15. The molecule has 0 amide bonds. The van der Waals surface area contributed by atoms with Crippen LogP contribution in [-0.2, 0) is 0 Å². The number of aryl methyl sites for hydroxylation is 2. The molecule has 0 saturated carbocycles.